The number of hydrogen-bond donors (Lipinski definition) is 2. The number of hydrogen-bond acceptors (Lipinski definition) is 4. The van der Waals surface area contributed by atoms with Crippen molar-refractivity contribution in [2.75, 3.05) is 26.7 Å². The molecular formula is C13H26ClN3O3. The third kappa shape index (κ3) is 6.07. The number of ether oxygens (including phenoxy) is 1. The van der Waals surface area contributed by atoms with Gasteiger partial charge in [0.05, 0.1) is 19.3 Å². The number of halogens is 1. The molecule has 2 atom stereocenters. The lowest BCUT2D eigenvalue weighted by Gasteiger charge is -2.32. The van der Waals surface area contributed by atoms with Crippen LogP contribution in [0, 0.1) is 0 Å². The van der Waals surface area contributed by atoms with Gasteiger partial charge in [-0.2, -0.15) is 0 Å². The number of nitrogens with one attached hydrogen (secondary N) is 2. The average Bonchev–Trinajstić information content (AvgIpc) is 2.26. The number of carbonyl (C=O) groups is 2. The fraction of sp³-hybridized carbons (Fsp3) is 0.846. The van der Waals surface area contributed by atoms with Gasteiger partial charge >= 0.3 is 0 Å². The highest BCUT2D eigenvalue weighted by molar-refractivity contribution is 5.88. The zero-order chi connectivity index (χ0) is 14.6. The summed E-state index contributed by atoms with van der Waals surface area (Å²) in [5, 5.41) is 5.96. The van der Waals surface area contributed by atoms with E-state index in [0.717, 1.165) is 0 Å². The van der Waals surface area contributed by atoms with Crippen molar-refractivity contribution in [2.45, 2.75) is 45.4 Å². The van der Waals surface area contributed by atoms with Crippen LogP contribution in [-0.2, 0) is 14.3 Å². The molecule has 20 heavy (non-hydrogen) atoms. The van der Waals surface area contributed by atoms with Gasteiger partial charge in [-0.25, -0.2) is 0 Å². The van der Waals surface area contributed by atoms with E-state index in [-0.39, 0.29) is 48.5 Å². The third-order valence-electron chi connectivity index (χ3n) is 2.85. The summed E-state index contributed by atoms with van der Waals surface area (Å²) in [6, 6.07) is -0.374. The summed E-state index contributed by atoms with van der Waals surface area (Å²) in [5.41, 5.74) is -0.291. The number of rotatable bonds is 3. The van der Waals surface area contributed by atoms with E-state index in [9.17, 15) is 9.59 Å². The third-order valence-corrected chi connectivity index (χ3v) is 2.85. The van der Waals surface area contributed by atoms with Crippen molar-refractivity contribution in [3.05, 3.63) is 0 Å². The lowest BCUT2D eigenvalue weighted by Crippen LogP contribution is -2.57. The minimum absolute atomic E-state index is 0. The van der Waals surface area contributed by atoms with Crippen molar-refractivity contribution >= 4 is 24.2 Å². The monoisotopic (exact) mass is 307 g/mol. The Balaban J connectivity index is 0.00000361. The number of likely N-dealkylation sites (N-methyl/N-ethyl adjacent to an activating group) is 1. The Morgan fingerprint density at radius 3 is 2.50 bits per heavy atom. The molecule has 1 fully saturated rings. The molecule has 0 aliphatic carbocycles. The van der Waals surface area contributed by atoms with E-state index in [1.54, 1.807) is 7.05 Å². The van der Waals surface area contributed by atoms with E-state index in [4.69, 9.17) is 4.74 Å². The topological polar surface area (TPSA) is 70.7 Å². The second-order valence-corrected chi connectivity index (χ2v) is 6.00. The normalized spacial score (nSPS) is 22.6. The minimum atomic E-state index is -0.374. The van der Waals surface area contributed by atoms with E-state index in [1.165, 1.54) is 4.90 Å². The van der Waals surface area contributed by atoms with Crippen molar-refractivity contribution in [2.24, 2.45) is 0 Å². The summed E-state index contributed by atoms with van der Waals surface area (Å²) in [5.74, 6) is -0.274. The van der Waals surface area contributed by atoms with Gasteiger partial charge in [-0.15, -0.1) is 12.4 Å². The highest BCUT2D eigenvalue weighted by Crippen LogP contribution is 2.07. The molecule has 0 spiro atoms. The standard InChI is InChI=1S/C13H25N3O3.ClH/c1-9-11(14-6-7-19-9)12(18)16(5)8-10(17)15-13(2,3)4;/h9,11,14H,6-8H2,1-5H3,(H,15,17);1H/t9-,11+;/m1./s1. The molecule has 2 N–H and O–H groups in total. The Kier molecular flexibility index (Phi) is 7.47. The molecule has 1 saturated heterocycles. The Hall–Kier alpha value is -0.850. The molecule has 1 heterocycles. The summed E-state index contributed by atoms with van der Waals surface area (Å²) in [7, 11) is 1.63. The Bertz CT molecular complexity index is 344. The van der Waals surface area contributed by atoms with Crippen LogP contribution in [0.4, 0.5) is 0 Å². The molecule has 1 rings (SSSR count). The maximum absolute atomic E-state index is 12.2. The number of carbonyl (C=O) groups excluding carboxylic acids is 2. The molecule has 0 saturated carbocycles. The van der Waals surface area contributed by atoms with Crippen molar-refractivity contribution in [1.29, 1.82) is 0 Å². The molecule has 0 aromatic carbocycles. The molecule has 2 amide bonds. The number of nitrogens with zero attached hydrogens (tertiary/aromatic N) is 1. The maximum atomic E-state index is 12.2. The van der Waals surface area contributed by atoms with Crippen LogP contribution >= 0.6 is 12.4 Å². The second-order valence-electron chi connectivity index (χ2n) is 6.00. The minimum Gasteiger partial charge on any atom is -0.375 e. The molecular weight excluding hydrogens is 282 g/mol. The van der Waals surface area contributed by atoms with Crippen molar-refractivity contribution < 1.29 is 14.3 Å². The molecule has 1 aliphatic rings. The molecule has 0 radical (unpaired) electrons. The summed E-state index contributed by atoms with van der Waals surface area (Å²) in [4.78, 5) is 25.4. The van der Waals surface area contributed by atoms with E-state index in [1.807, 2.05) is 27.7 Å². The zero-order valence-corrected chi connectivity index (χ0v) is 13.7. The Morgan fingerprint density at radius 2 is 2.00 bits per heavy atom. The Morgan fingerprint density at radius 1 is 1.40 bits per heavy atom. The molecule has 118 valence electrons. The Labute approximate surface area is 127 Å². The largest absolute Gasteiger partial charge is 0.375 e. The van der Waals surface area contributed by atoms with Crippen LogP contribution in [0.2, 0.25) is 0 Å². The fourth-order valence-electron chi connectivity index (χ4n) is 2.00. The molecule has 6 nitrogen and oxygen atoms in total. The van der Waals surface area contributed by atoms with Gasteiger partial charge in [0.1, 0.15) is 6.04 Å². The first-order valence-corrected chi connectivity index (χ1v) is 6.61. The second kappa shape index (κ2) is 7.81. The molecule has 0 aromatic heterocycles. The lowest BCUT2D eigenvalue weighted by molar-refractivity contribution is -0.141. The smallest absolute Gasteiger partial charge is 0.242 e. The SMILES string of the molecule is C[C@H]1OCCN[C@@H]1C(=O)N(C)CC(=O)NC(C)(C)C.Cl. The number of morpholine rings is 1. The van der Waals surface area contributed by atoms with Gasteiger partial charge in [-0.3, -0.25) is 9.59 Å². The van der Waals surface area contributed by atoms with Gasteiger partial charge in [-0.1, -0.05) is 0 Å². The van der Waals surface area contributed by atoms with Crippen LogP contribution in [0.5, 0.6) is 0 Å². The summed E-state index contributed by atoms with van der Waals surface area (Å²) < 4.78 is 5.44. The first-order valence-electron chi connectivity index (χ1n) is 6.61. The first-order chi connectivity index (χ1) is 8.70. The van der Waals surface area contributed by atoms with Gasteiger partial charge in [-0.05, 0) is 27.7 Å². The van der Waals surface area contributed by atoms with Crippen molar-refractivity contribution in [3.8, 4) is 0 Å². The summed E-state index contributed by atoms with van der Waals surface area (Å²) in [6.45, 7) is 8.91. The van der Waals surface area contributed by atoms with Crippen LogP contribution in [0.1, 0.15) is 27.7 Å². The van der Waals surface area contributed by atoms with E-state index in [2.05, 4.69) is 10.6 Å². The van der Waals surface area contributed by atoms with Gasteiger partial charge in [0.15, 0.2) is 0 Å². The van der Waals surface area contributed by atoms with Gasteiger partial charge in [0.25, 0.3) is 0 Å². The van der Waals surface area contributed by atoms with E-state index < -0.39 is 0 Å². The van der Waals surface area contributed by atoms with Gasteiger partial charge in [0, 0.05) is 19.1 Å². The molecule has 0 unspecified atom stereocenters. The maximum Gasteiger partial charge on any atom is 0.242 e. The summed E-state index contributed by atoms with van der Waals surface area (Å²) in [6.07, 6.45) is -0.172. The van der Waals surface area contributed by atoms with Gasteiger partial charge < -0.3 is 20.3 Å². The summed E-state index contributed by atoms with van der Waals surface area (Å²) >= 11 is 0. The molecule has 7 heteroatoms. The van der Waals surface area contributed by atoms with Crippen LogP contribution in [-0.4, -0.2) is 61.1 Å². The van der Waals surface area contributed by atoms with Gasteiger partial charge in [0.2, 0.25) is 11.8 Å². The van der Waals surface area contributed by atoms with Crippen LogP contribution < -0.4 is 10.6 Å². The van der Waals surface area contributed by atoms with Crippen LogP contribution in [0.15, 0.2) is 0 Å². The molecule has 0 aromatic rings. The predicted octanol–water partition coefficient (Wildman–Crippen LogP) is 0.158. The highest BCUT2D eigenvalue weighted by Gasteiger charge is 2.31. The van der Waals surface area contributed by atoms with Crippen LogP contribution in [0.3, 0.4) is 0 Å². The average molecular weight is 308 g/mol. The first kappa shape index (κ1) is 19.1. The predicted molar refractivity (Wildman–Crippen MR) is 80.0 cm³/mol. The zero-order valence-electron chi connectivity index (χ0n) is 12.9. The highest BCUT2D eigenvalue weighted by atomic mass is 35.5. The molecule has 0 bridgehead atoms. The molecule has 1 aliphatic heterocycles. The van der Waals surface area contributed by atoms with Crippen molar-refractivity contribution in [3.63, 3.8) is 0 Å². The van der Waals surface area contributed by atoms with Crippen LogP contribution in [0.25, 0.3) is 0 Å². The quantitative estimate of drug-likeness (QED) is 0.779. The number of amides is 2. The fourth-order valence-corrected chi connectivity index (χ4v) is 2.00. The van der Waals surface area contributed by atoms with E-state index >= 15 is 0 Å². The van der Waals surface area contributed by atoms with Crippen molar-refractivity contribution in [1.82, 2.24) is 15.5 Å². The lowest BCUT2D eigenvalue weighted by atomic mass is 10.1. The van der Waals surface area contributed by atoms with E-state index in [0.29, 0.717) is 13.2 Å².